The van der Waals surface area contributed by atoms with Crippen molar-refractivity contribution in [3.8, 4) is 0 Å². The van der Waals surface area contributed by atoms with E-state index >= 15 is 0 Å². The Hall–Kier alpha value is -2.84. The van der Waals surface area contributed by atoms with E-state index in [0.717, 1.165) is 13.1 Å². The second-order valence-corrected chi connectivity index (χ2v) is 9.51. The molecule has 0 unspecified atom stereocenters. The number of aryl methyl sites for hydroxylation is 2. The van der Waals surface area contributed by atoms with Crippen LogP contribution in [0, 0.1) is 20.8 Å². The Morgan fingerprint density at radius 2 is 1.38 bits per heavy atom. The molecule has 1 saturated heterocycles. The lowest BCUT2D eigenvalue weighted by atomic mass is 9.84. The van der Waals surface area contributed by atoms with Crippen molar-refractivity contribution in [2.45, 2.75) is 52.6 Å². The number of benzene rings is 3. The van der Waals surface area contributed by atoms with Crippen LogP contribution in [0.25, 0.3) is 10.9 Å². The lowest BCUT2D eigenvalue weighted by molar-refractivity contribution is 0.204. The summed E-state index contributed by atoms with van der Waals surface area (Å²) in [5, 5.41) is 1.41. The Bertz CT molecular complexity index is 1190. The second-order valence-electron chi connectivity index (χ2n) is 9.51. The zero-order chi connectivity index (χ0) is 22.1. The van der Waals surface area contributed by atoms with Gasteiger partial charge in [-0.15, -0.1) is 0 Å². The Kier molecular flexibility index (Phi) is 5.89. The summed E-state index contributed by atoms with van der Waals surface area (Å²) in [4.78, 5) is 2.67. The normalized spacial score (nSPS) is 15.5. The number of para-hydroxylation sites is 1. The molecule has 0 bridgehead atoms. The maximum atomic E-state index is 2.67. The van der Waals surface area contributed by atoms with E-state index in [1.165, 1.54) is 64.8 Å². The molecule has 0 radical (unpaired) electrons. The summed E-state index contributed by atoms with van der Waals surface area (Å²) in [5.41, 5.74) is 10.1. The van der Waals surface area contributed by atoms with Crippen molar-refractivity contribution in [1.29, 1.82) is 0 Å². The van der Waals surface area contributed by atoms with Gasteiger partial charge in [-0.1, -0.05) is 66.7 Å². The molecule has 164 valence electrons. The smallest absolute Gasteiger partial charge is 0.0488 e. The Morgan fingerprint density at radius 1 is 0.719 bits per heavy atom. The molecule has 0 aliphatic carbocycles. The Labute approximate surface area is 192 Å². The zero-order valence-electron chi connectivity index (χ0n) is 19.6. The number of hydrogen-bond acceptors (Lipinski definition) is 1. The van der Waals surface area contributed by atoms with Gasteiger partial charge in [0.15, 0.2) is 0 Å². The van der Waals surface area contributed by atoms with Gasteiger partial charge in [-0.25, -0.2) is 0 Å². The highest BCUT2D eigenvalue weighted by Gasteiger charge is 2.24. The summed E-state index contributed by atoms with van der Waals surface area (Å²) < 4.78 is 2.50. The minimum Gasteiger partial charge on any atom is -0.340 e. The molecular formula is C30H34N2. The van der Waals surface area contributed by atoms with E-state index in [-0.39, 0.29) is 0 Å². The summed E-state index contributed by atoms with van der Waals surface area (Å²) in [6.45, 7) is 11.2. The molecule has 2 nitrogen and oxygen atoms in total. The number of fused-ring (bicyclic) bond motifs is 1. The van der Waals surface area contributed by atoms with Crippen molar-refractivity contribution >= 4 is 10.9 Å². The van der Waals surface area contributed by atoms with Gasteiger partial charge >= 0.3 is 0 Å². The summed E-state index contributed by atoms with van der Waals surface area (Å²) in [7, 11) is 0. The number of piperidine rings is 1. The molecule has 2 heteroatoms. The first-order chi connectivity index (χ1) is 15.6. The summed E-state index contributed by atoms with van der Waals surface area (Å²) in [5.74, 6) is 0.702. The number of aromatic nitrogens is 1. The molecule has 3 aromatic carbocycles. The minimum atomic E-state index is 0.702. The first-order valence-corrected chi connectivity index (χ1v) is 12.0. The van der Waals surface area contributed by atoms with Gasteiger partial charge in [0.2, 0.25) is 0 Å². The van der Waals surface area contributed by atoms with Crippen molar-refractivity contribution in [2.24, 2.45) is 0 Å². The fraction of sp³-hybridized carbons (Fsp3) is 0.333. The van der Waals surface area contributed by atoms with E-state index in [2.05, 4.69) is 103 Å². The van der Waals surface area contributed by atoms with Gasteiger partial charge in [0.1, 0.15) is 0 Å². The average molecular weight is 423 g/mol. The lowest BCUT2D eigenvalue weighted by Gasteiger charge is -2.33. The van der Waals surface area contributed by atoms with Crippen LogP contribution in [0.3, 0.4) is 0 Å². The second kappa shape index (κ2) is 8.96. The van der Waals surface area contributed by atoms with Gasteiger partial charge in [0, 0.05) is 29.7 Å². The number of likely N-dealkylation sites (tertiary alicyclic amines) is 1. The SMILES string of the molecule is Cc1cccc(C)c1C1CCN(Cc2c(C)n(Cc3ccccc3)c3ccccc23)CC1. The van der Waals surface area contributed by atoms with Gasteiger partial charge in [-0.05, 0) is 86.5 Å². The number of rotatable bonds is 5. The Balaban J connectivity index is 1.37. The van der Waals surface area contributed by atoms with Crippen LogP contribution >= 0.6 is 0 Å². The van der Waals surface area contributed by atoms with Crippen LogP contribution in [0.2, 0.25) is 0 Å². The topological polar surface area (TPSA) is 8.17 Å². The van der Waals surface area contributed by atoms with Crippen LogP contribution < -0.4 is 0 Å². The highest BCUT2D eigenvalue weighted by Crippen LogP contribution is 2.34. The summed E-state index contributed by atoms with van der Waals surface area (Å²) >= 11 is 0. The maximum absolute atomic E-state index is 2.67. The molecule has 1 aromatic heterocycles. The van der Waals surface area contributed by atoms with Crippen molar-refractivity contribution in [3.63, 3.8) is 0 Å². The van der Waals surface area contributed by atoms with E-state index < -0.39 is 0 Å². The first kappa shape index (κ1) is 21.0. The molecular weight excluding hydrogens is 388 g/mol. The van der Waals surface area contributed by atoms with Gasteiger partial charge in [0.25, 0.3) is 0 Å². The lowest BCUT2D eigenvalue weighted by Crippen LogP contribution is -2.33. The maximum Gasteiger partial charge on any atom is 0.0488 e. The minimum absolute atomic E-state index is 0.702. The van der Waals surface area contributed by atoms with Gasteiger partial charge in [-0.3, -0.25) is 4.90 Å². The molecule has 1 fully saturated rings. The van der Waals surface area contributed by atoms with Gasteiger partial charge in [-0.2, -0.15) is 0 Å². The molecule has 32 heavy (non-hydrogen) atoms. The fourth-order valence-electron chi connectivity index (χ4n) is 5.75. The van der Waals surface area contributed by atoms with Crippen molar-refractivity contribution in [2.75, 3.05) is 13.1 Å². The monoisotopic (exact) mass is 422 g/mol. The molecule has 1 aliphatic rings. The van der Waals surface area contributed by atoms with Crippen LogP contribution in [0.1, 0.15) is 52.3 Å². The third-order valence-electron chi connectivity index (χ3n) is 7.46. The molecule has 0 spiro atoms. The standard InChI is InChI=1S/C30H34N2/c1-22-10-9-11-23(2)30(22)26-16-18-31(19-17-26)21-28-24(3)32(20-25-12-5-4-6-13-25)29-15-8-7-14-27(28)29/h4-15,26H,16-21H2,1-3H3. The fourth-order valence-corrected chi connectivity index (χ4v) is 5.75. The molecule has 4 aromatic rings. The average Bonchev–Trinajstić information content (AvgIpc) is 3.07. The number of nitrogens with zero attached hydrogens (tertiary/aromatic N) is 2. The zero-order valence-corrected chi connectivity index (χ0v) is 19.6. The third kappa shape index (κ3) is 4.00. The van der Waals surface area contributed by atoms with E-state index in [1.807, 2.05) is 0 Å². The largest absolute Gasteiger partial charge is 0.340 e. The van der Waals surface area contributed by atoms with E-state index in [4.69, 9.17) is 0 Å². The predicted molar refractivity (Wildman–Crippen MR) is 135 cm³/mol. The summed E-state index contributed by atoms with van der Waals surface area (Å²) in [6, 6.07) is 26.5. The summed E-state index contributed by atoms with van der Waals surface area (Å²) in [6.07, 6.45) is 2.51. The van der Waals surface area contributed by atoms with Crippen molar-refractivity contribution < 1.29 is 0 Å². The molecule has 5 rings (SSSR count). The van der Waals surface area contributed by atoms with Crippen LogP contribution in [0.4, 0.5) is 0 Å². The van der Waals surface area contributed by atoms with E-state index in [0.29, 0.717) is 5.92 Å². The van der Waals surface area contributed by atoms with Crippen LogP contribution in [0.5, 0.6) is 0 Å². The molecule has 2 heterocycles. The third-order valence-corrected chi connectivity index (χ3v) is 7.46. The van der Waals surface area contributed by atoms with E-state index in [9.17, 15) is 0 Å². The quantitative estimate of drug-likeness (QED) is 0.336. The molecule has 0 atom stereocenters. The van der Waals surface area contributed by atoms with Gasteiger partial charge in [0.05, 0.1) is 0 Å². The highest BCUT2D eigenvalue weighted by molar-refractivity contribution is 5.85. The highest BCUT2D eigenvalue weighted by atomic mass is 15.1. The van der Waals surface area contributed by atoms with Crippen LogP contribution in [0.15, 0.2) is 72.8 Å². The molecule has 0 saturated carbocycles. The van der Waals surface area contributed by atoms with Crippen molar-refractivity contribution in [3.05, 3.63) is 106 Å². The number of hydrogen-bond donors (Lipinski definition) is 0. The van der Waals surface area contributed by atoms with E-state index in [1.54, 1.807) is 5.56 Å². The molecule has 0 amide bonds. The van der Waals surface area contributed by atoms with Gasteiger partial charge < -0.3 is 4.57 Å². The van der Waals surface area contributed by atoms with Crippen molar-refractivity contribution in [1.82, 2.24) is 9.47 Å². The van der Waals surface area contributed by atoms with Crippen LogP contribution in [-0.4, -0.2) is 22.6 Å². The first-order valence-electron chi connectivity index (χ1n) is 12.0. The Morgan fingerprint density at radius 3 is 2.09 bits per heavy atom. The predicted octanol–water partition coefficient (Wildman–Crippen LogP) is 6.99. The molecule has 1 aliphatic heterocycles. The molecule has 0 N–H and O–H groups in total. The van der Waals surface area contributed by atoms with Crippen LogP contribution in [-0.2, 0) is 13.1 Å².